The van der Waals surface area contributed by atoms with Crippen molar-refractivity contribution in [1.82, 2.24) is 5.32 Å². The molecule has 4 rings (SSSR count). The number of hydrogen-bond acceptors (Lipinski definition) is 3. The fraction of sp³-hybridized carbons (Fsp3) is 0.364. The van der Waals surface area contributed by atoms with Crippen LogP contribution in [0.3, 0.4) is 0 Å². The molecule has 3 amide bonds. The van der Waals surface area contributed by atoms with Crippen LogP contribution in [0.2, 0.25) is 0 Å². The molecule has 2 aromatic carbocycles. The Balaban J connectivity index is 0.00000240. The molecule has 1 heterocycles. The molecule has 2 aliphatic rings. The van der Waals surface area contributed by atoms with E-state index >= 15 is 0 Å². The molecule has 1 saturated heterocycles. The SMILES string of the molecule is Cl.O=C(Nc1cccc(NC(=O)C2CCNC2)c1)Nc1cccc2c1CCCC2. The molecule has 154 valence electrons. The molecule has 1 fully saturated rings. The summed E-state index contributed by atoms with van der Waals surface area (Å²) in [6.45, 7) is 1.59. The smallest absolute Gasteiger partial charge is 0.323 e. The van der Waals surface area contributed by atoms with Gasteiger partial charge in [0.05, 0.1) is 5.92 Å². The maximum Gasteiger partial charge on any atom is 0.323 e. The van der Waals surface area contributed by atoms with Crippen molar-refractivity contribution in [3.63, 3.8) is 0 Å². The number of benzene rings is 2. The van der Waals surface area contributed by atoms with E-state index in [2.05, 4.69) is 27.3 Å². The third kappa shape index (κ3) is 5.28. The van der Waals surface area contributed by atoms with E-state index in [1.54, 1.807) is 6.07 Å². The lowest BCUT2D eigenvalue weighted by atomic mass is 9.90. The maximum absolute atomic E-state index is 12.5. The highest BCUT2D eigenvalue weighted by Crippen LogP contribution is 2.28. The van der Waals surface area contributed by atoms with Gasteiger partial charge >= 0.3 is 6.03 Å². The first kappa shape index (κ1) is 21.1. The zero-order chi connectivity index (χ0) is 19.3. The van der Waals surface area contributed by atoms with Crippen molar-refractivity contribution in [3.8, 4) is 0 Å². The summed E-state index contributed by atoms with van der Waals surface area (Å²) in [6, 6.07) is 13.1. The third-order valence-corrected chi connectivity index (χ3v) is 5.46. The molecule has 2 aromatic rings. The lowest BCUT2D eigenvalue weighted by Gasteiger charge is -2.19. The van der Waals surface area contributed by atoms with Crippen molar-refractivity contribution < 1.29 is 9.59 Å². The first-order valence-corrected chi connectivity index (χ1v) is 9.99. The maximum atomic E-state index is 12.5. The monoisotopic (exact) mass is 414 g/mol. The van der Waals surface area contributed by atoms with Gasteiger partial charge in [0.15, 0.2) is 0 Å². The molecule has 1 aliphatic heterocycles. The molecule has 1 atom stereocenters. The number of anilines is 3. The highest BCUT2D eigenvalue weighted by Gasteiger charge is 2.22. The summed E-state index contributed by atoms with van der Waals surface area (Å²) in [5.41, 5.74) is 4.79. The van der Waals surface area contributed by atoms with Gasteiger partial charge in [-0.25, -0.2) is 4.79 Å². The lowest BCUT2D eigenvalue weighted by Crippen LogP contribution is -2.25. The van der Waals surface area contributed by atoms with Gasteiger partial charge in [-0.3, -0.25) is 4.79 Å². The van der Waals surface area contributed by atoms with Crippen LogP contribution in [-0.4, -0.2) is 25.0 Å². The molecule has 4 N–H and O–H groups in total. The normalized spacial score (nSPS) is 17.6. The van der Waals surface area contributed by atoms with E-state index in [4.69, 9.17) is 0 Å². The number of amides is 3. The number of rotatable bonds is 4. The standard InChI is InChI=1S/C22H26N4O2.ClH/c27-21(16-11-12-23-14-16)24-17-7-4-8-18(13-17)25-22(28)26-20-10-3-6-15-5-1-2-9-19(15)20;/h3-4,6-8,10,13,16,23H,1-2,5,9,11-12,14H2,(H,24,27)(H2,25,26,28);1H. The molecule has 0 saturated carbocycles. The summed E-state index contributed by atoms with van der Waals surface area (Å²) in [7, 11) is 0. The van der Waals surface area contributed by atoms with Gasteiger partial charge in [-0.05, 0) is 74.0 Å². The molecule has 29 heavy (non-hydrogen) atoms. The van der Waals surface area contributed by atoms with Crippen LogP contribution >= 0.6 is 12.4 Å². The van der Waals surface area contributed by atoms with E-state index in [1.807, 2.05) is 30.3 Å². The Hall–Kier alpha value is -2.57. The summed E-state index contributed by atoms with van der Waals surface area (Å²) in [4.78, 5) is 24.8. The number of carbonyl (C=O) groups is 2. The second-order valence-electron chi connectivity index (χ2n) is 7.49. The van der Waals surface area contributed by atoms with Gasteiger partial charge < -0.3 is 21.3 Å². The predicted molar refractivity (Wildman–Crippen MR) is 119 cm³/mol. The Morgan fingerprint density at radius 2 is 1.69 bits per heavy atom. The van der Waals surface area contributed by atoms with Crippen LogP contribution in [0.15, 0.2) is 42.5 Å². The molecule has 1 unspecified atom stereocenters. The first-order valence-electron chi connectivity index (χ1n) is 9.99. The van der Waals surface area contributed by atoms with Crippen molar-refractivity contribution >= 4 is 41.4 Å². The van der Waals surface area contributed by atoms with Crippen LogP contribution in [0, 0.1) is 5.92 Å². The number of urea groups is 1. The van der Waals surface area contributed by atoms with Crippen molar-refractivity contribution in [1.29, 1.82) is 0 Å². The van der Waals surface area contributed by atoms with E-state index in [1.165, 1.54) is 17.5 Å². The fourth-order valence-electron chi connectivity index (χ4n) is 3.98. The van der Waals surface area contributed by atoms with Crippen molar-refractivity contribution in [2.45, 2.75) is 32.1 Å². The number of halogens is 1. The minimum absolute atomic E-state index is 0. The summed E-state index contributed by atoms with van der Waals surface area (Å²) in [5.74, 6) is 0.0201. The van der Waals surface area contributed by atoms with Crippen LogP contribution in [-0.2, 0) is 17.6 Å². The molecule has 7 heteroatoms. The van der Waals surface area contributed by atoms with Gasteiger partial charge in [0.2, 0.25) is 5.91 Å². The van der Waals surface area contributed by atoms with Crippen LogP contribution in [0.25, 0.3) is 0 Å². The zero-order valence-corrected chi connectivity index (χ0v) is 17.1. The van der Waals surface area contributed by atoms with Crippen LogP contribution in [0.1, 0.15) is 30.4 Å². The molecule has 1 aliphatic carbocycles. The van der Waals surface area contributed by atoms with Gasteiger partial charge in [0.1, 0.15) is 0 Å². The Kier molecular flexibility index (Phi) is 7.12. The topological polar surface area (TPSA) is 82.3 Å². The van der Waals surface area contributed by atoms with Gasteiger partial charge in [-0.1, -0.05) is 18.2 Å². The summed E-state index contributed by atoms with van der Waals surface area (Å²) in [6.07, 6.45) is 5.30. The first-order chi connectivity index (χ1) is 13.7. The van der Waals surface area contributed by atoms with E-state index in [-0.39, 0.29) is 30.3 Å². The Morgan fingerprint density at radius 1 is 0.931 bits per heavy atom. The molecular weight excluding hydrogens is 388 g/mol. The minimum atomic E-state index is -0.276. The quantitative estimate of drug-likeness (QED) is 0.605. The van der Waals surface area contributed by atoms with Crippen LogP contribution in [0.5, 0.6) is 0 Å². The molecule has 0 bridgehead atoms. The van der Waals surface area contributed by atoms with E-state index in [0.717, 1.165) is 37.9 Å². The lowest BCUT2D eigenvalue weighted by molar-refractivity contribution is -0.119. The summed E-state index contributed by atoms with van der Waals surface area (Å²) in [5, 5.41) is 12.0. The van der Waals surface area contributed by atoms with Gasteiger partial charge in [0, 0.05) is 23.6 Å². The molecule has 0 spiro atoms. The van der Waals surface area contributed by atoms with Gasteiger partial charge in [0.25, 0.3) is 0 Å². The minimum Gasteiger partial charge on any atom is -0.326 e. The Bertz CT molecular complexity index is 881. The van der Waals surface area contributed by atoms with E-state index < -0.39 is 0 Å². The van der Waals surface area contributed by atoms with Crippen LogP contribution < -0.4 is 21.3 Å². The Labute approximate surface area is 177 Å². The highest BCUT2D eigenvalue weighted by molar-refractivity contribution is 6.01. The summed E-state index contributed by atoms with van der Waals surface area (Å²) < 4.78 is 0. The number of aryl methyl sites for hydroxylation is 1. The average Bonchev–Trinajstić information content (AvgIpc) is 3.23. The third-order valence-electron chi connectivity index (χ3n) is 5.46. The van der Waals surface area contributed by atoms with Crippen LogP contribution in [0.4, 0.5) is 21.9 Å². The number of carbonyl (C=O) groups excluding carboxylic acids is 2. The van der Waals surface area contributed by atoms with Gasteiger partial charge in [-0.2, -0.15) is 0 Å². The summed E-state index contributed by atoms with van der Waals surface area (Å²) >= 11 is 0. The van der Waals surface area contributed by atoms with Gasteiger partial charge in [-0.15, -0.1) is 12.4 Å². The highest BCUT2D eigenvalue weighted by atomic mass is 35.5. The van der Waals surface area contributed by atoms with E-state index in [0.29, 0.717) is 17.9 Å². The second-order valence-corrected chi connectivity index (χ2v) is 7.49. The second kappa shape index (κ2) is 9.76. The van der Waals surface area contributed by atoms with Crippen molar-refractivity contribution in [2.75, 3.05) is 29.0 Å². The Morgan fingerprint density at radius 3 is 2.48 bits per heavy atom. The van der Waals surface area contributed by atoms with Crippen molar-refractivity contribution in [2.24, 2.45) is 5.92 Å². The zero-order valence-electron chi connectivity index (χ0n) is 16.3. The average molecular weight is 415 g/mol. The number of fused-ring (bicyclic) bond motifs is 1. The van der Waals surface area contributed by atoms with E-state index in [9.17, 15) is 9.59 Å². The number of hydrogen-bond donors (Lipinski definition) is 4. The molecular formula is C22H27ClN4O2. The fourth-order valence-corrected chi connectivity index (χ4v) is 3.98. The van der Waals surface area contributed by atoms with Crippen molar-refractivity contribution in [3.05, 3.63) is 53.6 Å². The largest absolute Gasteiger partial charge is 0.326 e. The predicted octanol–water partition coefficient (Wildman–Crippen LogP) is 4.18. The molecule has 0 radical (unpaired) electrons. The number of nitrogens with one attached hydrogen (secondary N) is 4. The molecule has 6 nitrogen and oxygen atoms in total. The molecule has 0 aromatic heterocycles.